The summed E-state index contributed by atoms with van der Waals surface area (Å²) in [7, 11) is 4.03. The molecule has 1 aliphatic heterocycles. The van der Waals surface area contributed by atoms with E-state index in [9.17, 15) is 0 Å². The highest BCUT2D eigenvalue weighted by Gasteiger charge is 2.33. The Morgan fingerprint density at radius 2 is 1.82 bits per heavy atom. The Labute approximate surface area is 108 Å². The number of rotatable bonds is 2. The molecule has 1 aliphatic rings. The summed E-state index contributed by atoms with van der Waals surface area (Å²) >= 11 is 5.95. The molecule has 17 heavy (non-hydrogen) atoms. The van der Waals surface area contributed by atoms with Gasteiger partial charge in [0.25, 0.3) is 0 Å². The van der Waals surface area contributed by atoms with Gasteiger partial charge in [-0.05, 0) is 50.7 Å². The fraction of sp³-hybridized carbons (Fsp3) is 0.500. The van der Waals surface area contributed by atoms with Crippen LogP contribution in [0.2, 0.25) is 5.02 Å². The van der Waals surface area contributed by atoms with Gasteiger partial charge in [0.2, 0.25) is 0 Å². The number of piperidine rings is 1. The largest absolute Gasteiger partial charge is 0.306 e. The fourth-order valence-electron chi connectivity index (χ4n) is 2.54. The minimum atomic E-state index is 0.103. The first-order valence-corrected chi connectivity index (χ1v) is 6.42. The van der Waals surface area contributed by atoms with Crippen LogP contribution in [0.5, 0.6) is 0 Å². The third-order valence-electron chi connectivity index (χ3n) is 3.67. The second-order valence-corrected chi connectivity index (χ2v) is 5.29. The molecule has 0 spiro atoms. The summed E-state index contributed by atoms with van der Waals surface area (Å²) < 4.78 is 0. The highest BCUT2D eigenvalue weighted by Crippen LogP contribution is 2.34. The zero-order valence-corrected chi connectivity index (χ0v) is 11.2. The van der Waals surface area contributed by atoms with E-state index < -0.39 is 0 Å². The van der Waals surface area contributed by atoms with Crippen LogP contribution in [0.3, 0.4) is 0 Å². The van der Waals surface area contributed by atoms with Crippen LogP contribution in [0.1, 0.15) is 18.4 Å². The molecule has 3 heteroatoms. The molecule has 1 saturated heterocycles. The summed E-state index contributed by atoms with van der Waals surface area (Å²) in [5.74, 6) is 0. The molecule has 2 rings (SSSR count). The van der Waals surface area contributed by atoms with Gasteiger partial charge in [0.05, 0.1) is 0 Å². The van der Waals surface area contributed by atoms with Crippen molar-refractivity contribution in [3.8, 4) is 0 Å². The van der Waals surface area contributed by atoms with Crippen LogP contribution < -0.4 is 0 Å². The molecule has 0 bridgehead atoms. The number of hydrogen-bond acceptors (Lipinski definition) is 2. The second kappa shape index (κ2) is 5.19. The van der Waals surface area contributed by atoms with Gasteiger partial charge in [0.15, 0.2) is 0 Å². The summed E-state index contributed by atoms with van der Waals surface area (Å²) in [4.78, 5) is 6.65. The molecular formula is C14H19ClN2. The predicted octanol–water partition coefficient (Wildman–Crippen LogP) is 3.00. The van der Waals surface area contributed by atoms with E-state index in [1.165, 1.54) is 5.56 Å². The summed E-state index contributed by atoms with van der Waals surface area (Å²) in [6, 6.07) is 8.21. The highest BCUT2D eigenvalue weighted by atomic mass is 35.5. The SMILES string of the molecule is C/N=C/C1(c2ccc(Cl)cc2)CCN(C)CC1. The van der Waals surface area contributed by atoms with E-state index in [1.807, 2.05) is 19.2 Å². The van der Waals surface area contributed by atoms with Crippen molar-refractivity contribution >= 4 is 17.8 Å². The summed E-state index contributed by atoms with van der Waals surface area (Å²) in [5.41, 5.74) is 1.44. The van der Waals surface area contributed by atoms with Gasteiger partial charge in [-0.2, -0.15) is 0 Å². The van der Waals surface area contributed by atoms with Crippen molar-refractivity contribution in [3.63, 3.8) is 0 Å². The molecule has 0 aliphatic carbocycles. The molecule has 0 N–H and O–H groups in total. The number of halogens is 1. The van der Waals surface area contributed by atoms with Crippen molar-refractivity contribution in [3.05, 3.63) is 34.9 Å². The Morgan fingerprint density at radius 1 is 1.24 bits per heavy atom. The van der Waals surface area contributed by atoms with E-state index in [-0.39, 0.29) is 5.41 Å². The standard InChI is InChI=1S/C14H19ClN2/c1-16-11-14(7-9-17(2)10-8-14)12-3-5-13(15)6-4-12/h3-6,11H,7-10H2,1-2H3/b16-11+. The topological polar surface area (TPSA) is 15.6 Å². The number of hydrogen-bond donors (Lipinski definition) is 0. The van der Waals surface area contributed by atoms with Crippen molar-refractivity contribution in [2.24, 2.45) is 4.99 Å². The van der Waals surface area contributed by atoms with Gasteiger partial charge in [-0.15, -0.1) is 0 Å². The van der Waals surface area contributed by atoms with Crippen molar-refractivity contribution in [1.82, 2.24) is 4.90 Å². The van der Waals surface area contributed by atoms with Gasteiger partial charge in [-0.25, -0.2) is 0 Å². The van der Waals surface area contributed by atoms with Crippen molar-refractivity contribution in [2.45, 2.75) is 18.3 Å². The first kappa shape index (κ1) is 12.6. The Hall–Kier alpha value is -0.860. The van der Waals surface area contributed by atoms with Crippen molar-refractivity contribution in [2.75, 3.05) is 27.2 Å². The molecule has 92 valence electrons. The summed E-state index contributed by atoms with van der Waals surface area (Å²) in [6.45, 7) is 2.24. The molecule has 0 saturated carbocycles. The van der Waals surface area contributed by atoms with E-state index in [1.54, 1.807) is 0 Å². The van der Waals surface area contributed by atoms with Crippen molar-refractivity contribution in [1.29, 1.82) is 0 Å². The molecule has 0 unspecified atom stereocenters. The molecule has 1 aromatic rings. The zero-order valence-electron chi connectivity index (χ0n) is 10.5. The molecular weight excluding hydrogens is 232 g/mol. The molecule has 1 aromatic carbocycles. The lowest BCUT2D eigenvalue weighted by Gasteiger charge is -2.38. The van der Waals surface area contributed by atoms with Crippen LogP contribution >= 0.6 is 11.6 Å². The maximum Gasteiger partial charge on any atom is 0.0406 e. The van der Waals surface area contributed by atoms with Gasteiger partial charge in [-0.1, -0.05) is 23.7 Å². The molecule has 0 amide bonds. The Morgan fingerprint density at radius 3 is 2.35 bits per heavy atom. The van der Waals surface area contributed by atoms with E-state index in [2.05, 4.69) is 35.3 Å². The maximum atomic E-state index is 5.95. The van der Waals surface area contributed by atoms with Gasteiger partial charge in [0.1, 0.15) is 0 Å². The van der Waals surface area contributed by atoms with Crippen LogP contribution in [0.15, 0.2) is 29.3 Å². The lowest BCUT2D eigenvalue weighted by Crippen LogP contribution is -2.41. The second-order valence-electron chi connectivity index (χ2n) is 4.85. The third-order valence-corrected chi connectivity index (χ3v) is 3.93. The molecule has 1 heterocycles. The van der Waals surface area contributed by atoms with Crippen molar-refractivity contribution < 1.29 is 0 Å². The lowest BCUT2D eigenvalue weighted by molar-refractivity contribution is 0.231. The third kappa shape index (κ3) is 2.70. The van der Waals surface area contributed by atoms with Crippen LogP contribution in [0.25, 0.3) is 0 Å². The Balaban J connectivity index is 2.31. The van der Waals surface area contributed by atoms with Crippen LogP contribution in [-0.4, -0.2) is 38.3 Å². The maximum absolute atomic E-state index is 5.95. The first-order chi connectivity index (χ1) is 8.16. The number of likely N-dealkylation sites (tertiary alicyclic amines) is 1. The molecule has 0 atom stereocenters. The number of nitrogens with zero attached hydrogens (tertiary/aromatic N) is 2. The van der Waals surface area contributed by atoms with Crippen LogP contribution in [0, 0.1) is 0 Å². The quantitative estimate of drug-likeness (QED) is 0.737. The first-order valence-electron chi connectivity index (χ1n) is 6.04. The average Bonchev–Trinajstić information content (AvgIpc) is 2.34. The van der Waals surface area contributed by atoms with E-state index in [0.29, 0.717) is 0 Å². The minimum Gasteiger partial charge on any atom is -0.306 e. The highest BCUT2D eigenvalue weighted by molar-refractivity contribution is 6.30. The van der Waals surface area contributed by atoms with Gasteiger partial charge >= 0.3 is 0 Å². The molecule has 0 radical (unpaired) electrons. The zero-order chi connectivity index (χ0) is 12.3. The van der Waals surface area contributed by atoms with Gasteiger partial charge < -0.3 is 4.90 Å². The Kier molecular flexibility index (Phi) is 3.85. The van der Waals surface area contributed by atoms with Crippen LogP contribution in [0.4, 0.5) is 0 Å². The number of benzene rings is 1. The summed E-state index contributed by atoms with van der Waals surface area (Å²) in [5, 5.41) is 0.797. The molecule has 1 fully saturated rings. The predicted molar refractivity (Wildman–Crippen MR) is 74.3 cm³/mol. The monoisotopic (exact) mass is 250 g/mol. The average molecular weight is 251 g/mol. The van der Waals surface area contributed by atoms with E-state index >= 15 is 0 Å². The summed E-state index contributed by atoms with van der Waals surface area (Å²) in [6.07, 6.45) is 4.37. The van der Waals surface area contributed by atoms with E-state index in [4.69, 9.17) is 11.6 Å². The minimum absolute atomic E-state index is 0.103. The van der Waals surface area contributed by atoms with Gasteiger partial charge in [-0.3, -0.25) is 4.99 Å². The van der Waals surface area contributed by atoms with Gasteiger partial charge in [0, 0.05) is 23.7 Å². The van der Waals surface area contributed by atoms with E-state index in [0.717, 1.165) is 31.0 Å². The lowest BCUT2D eigenvalue weighted by atomic mass is 9.74. The number of aliphatic imine (C=N–C) groups is 1. The molecule has 2 nitrogen and oxygen atoms in total. The van der Waals surface area contributed by atoms with Crippen LogP contribution in [-0.2, 0) is 5.41 Å². The Bertz CT molecular complexity index is 389. The fourth-order valence-corrected chi connectivity index (χ4v) is 2.66. The molecule has 0 aromatic heterocycles. The smallest absolute Gasteiger partial charge is 0.0406 e. The normalized spacial score (nSPS) is 20.9.